The van der Waals surface area contributed by atoms with Crippen molar-refractivity contribution in [2.24, 2.45) is 0 Å². The van der Waals surface area contributed by atoms with E-state index in [1.54, 1.807) is 32.9 Å². The second-order valence-electron chi connectivity index (χ2n) is 4.32. The van der Waals surface area contributed by atoms with Gasteiger partial charge in [0.15, 0.2) is 0 Å². The third kappa shape index (κ3) is 2.97. The Hall–Kier alpha value is -2.11. The Morgan fingerprint density at radius 2 is 2.11 bits per heavy atom. The topological polar surface area (TPSA) is 83.7 Å². The van der Waals surface area contributed by atoms with Crippen molar-refractivity contribution < 1.29 is 14.8 Å². The summed E-state index contributed by atoms with van der Waals surface area (Å²) in [5, 5.41) is 19.9. The van der Waals surface area contributed by atoms with Gasteiger partial charge in [-0.05, 0) is 26.3 Å². The molecular weight excluding hydrogens is 236 g/mol. The lowest BCUT2D eigenvalue weighted by Gasteiger charge is -2.28. The summed E-state index contributed by atoms with van der Waals surface area (Å²) in [5.74, 6) is -1.01. The van der Waals surface area contributed by atoms with Crippen molar-refractivity contribution >= 4 is 17.3 Å². The van der Waals surface area contributed by atoms with Crippen molar-refractivity contribution in [3.8, 4) is 0 Å². The Kier molecular flexibility index (Phi) is 4.25. The fourth-order valence-corrected chi connectivity index (χ4v) is 1.83. The van der Waals surface area contributed by atoms with Crippen molar-refractivity contribution in [1.82, 2.24) is 0 Å². The Balaban J connectivity index is 3.34. The van der Waals surface area contributed by atoms with E-state index in [0.717, 1.165) is 0 Å². The summed E-state index contributed by atoms with van der Waals surface area (Å²) in [6.07, 6.45) is 0. The molecule has 0 saturated heterocycles. The lowest BCUT2D eigenvalue weighted by molar-refractivity contribution is -0.384. The highest BCUT2D eigenvalue weighted by atomic mass is 16.6. The number of hydrogen-bond donors (Lipinski definition) is 1. The van der Waals surface area contributed by atoms with E-state index in [1.807, 2.05) is 0 Å². The first-order valence-corrected chi connectivity index (χ1v) is 5.57. The molecule has 98 valence electrons. The third-order valence-electron chi connectivity index (χ3n) is 2.63. The van der Waals surface area contributed by atoms with Crippen molar-refractivity contribution in [3.05, 3.63) is 33.9 Å². The van der Waals surface area contributed by atoms with E-state index in [0.29, 0.717) is 11.3 Å². The molecule has 1 N–H and O–H groups in total. The van der Waals surface area contributed by atoms with Crippen LogP contribution >= 0.6 is 0 Å². The smallest absolute Gasteiger partial charge is 0.323 e. The van der Waals surface area contributed by atoms with Gasteiger partial charge >= 0.3 is 5.97 Å². The monoisotopic (exact) mass is 252 g/mol. The predicted molar refractivity (Wildman–Crippen MR) is 68.0 cm³/mol. The Bertz CT molecular complexity index is 471. The summed E-state index contributed by atoms with van der Waals surface area (Å²) in [7, 11) is 0. The van der Waals surface area contributed by atoms with E-state index in [-0.39, 0.29) is 18.3 Å². The maximum atomic E-state index is 11.0. The Morgan fingerprint density at radius 1 is 1.50 bits per heavy atom. The largest absolute Gasteiger partial charge is 0.480 e. The fourth-order valence-electron chi connectivity index (χ4n) is 1.83. The molecule has 1 aromatic carbocycles. The zero-order valence-corrected chi connectivity index (χ0v) is 10.6. The molecule has 0 fully saturated rings. The molecule has 0 bridgehead atoms. The lowest BCUT2D eigenvalue weighted by Crippen LogP contribution is -2.36. The first-order chi connectivity index (χ1) is 8.34. The number of anilines is 1. The number of carboxylic acids is 1. The van der Waals surface area contributed by atoms with E-state index in [1.165, 1.54) is 11.0 Å². The molecule has 0 spiro atoms. The van der Waals surface area contributed by atoms with Gasteiger partial charge in [0.1, 0.15) is 12.2 Å². The predicted octanol–water partition coefficient (Wildman–Crippen LogP) is 2.20. The molecule has 0 atom stereocenters. The van der Waals surface area contributed by atoms with E-state index in [9.17, 15) is 14.9 Å². The van der Waals surface area contributed by atoms with Gasteiger partial charge in [0.25, 0.3) is 5.69 Å². The molecule has 1 aromatic rings. The maximum Gasteiger partial charge on any atom is 0.323 e. The second kappa shape index (κ2) is 5.48. The summed E-state index contributed by atoms with van der Waals surface area (Å²) < 4.78 is 0. The minimum absolute atomic E-state index is 0.0649. The van der Waals surface area contributed by atoms with Crippen LogP contribution in [0, 0.1) is 17.0 Å². The Morgan fingerprint density at radius 3 is 2.56 bits per heavy atom. The van der Waals surface area contributed by atoms with Gasteiger partial charge in [-0.1, -0.05) is 12.1 Å². The number of carboxylic acid groups (broad SMARTS) is 1. The number of nitro groups is 1. The number of rotatable bonds is 5. The van der Waals surface area contributed by atoms with Crippen LogP contribution in [-0.4, -0.2) is 28.6 Å². The molecule has 18 heavy (non-hydrogen) atoms. The molecule has 0 aliphatic heterocycles. The number of benzene rings is 1. The first kappa shape index (κ1) is 14.0. The Labute approximate surface area is 105 Å². The van der Waals surface area contributed by atoms with Crippen LogP contribution in [-0.2, 0) is 4.79 Å². The van der Waals surface area contributed by atoms with Crippen LogP contribution in [0.3, 0.4) is 0 Å². The number of nitro benzene ring substituents is 1. The summed E-state index contributed by atoms with van der Waals surface area (Å²) in [5.41, 5.74) is 1.00. The van der Waals surface area contributed by atoms with E-state index < -0.39 is 10.9 Å². The van der Waals surface area contributed by atoms with Gasteiger partial charge in [0.2, 0.25) is 0 Å². The van der Waals surface area contributed by atoms with Gasteiger partial charge in [-0.15, -0.1) is 0 Å². The molecule has 0 radical (unpaired) electrons. The highest BCUT2D eigenvalue weighted by Crippen LogP contribution is 2.32. The van der Waals surface area contributed by atoms with Crippen LogP contribution in [0.15, 0.2) is 18.2 Å². The standard InChI is InChI=1S/C12H16N2O4/c1-8(2)13(7-11(15)16)12-9(3)5-4-6-10(12)14(17)18/h4-6,8H,7H2,1-3H3,(H,15,16). The molecule has 0 amide bonds. The highest BCUT2D eigenvalue weighted by Gasteiger charge is 2.24. The lowest BCUT2D eigenvalue weighted by atomic mass is 10.1. The third-order valence-corrected chi connectivity index (χ3v) is 2.63. The van der Waals surface area contributed by atoms with E-state index in [4.69, 9.17) is 5.11 Å². The molecule has 1 rings (SSSR count). The molecule has 0 unspecified atom stereocenters. The highest BCUT2D eigenvalue weighted by molar-refractivity contribution is 5.77. The van der Waals surface area contributed by atoms with Gasteiger partial charge in [-0.3, -0.25) is 14.9 Å². The normalized spacial score (nSPS) is 10.4. The number of para-hydroxylation sites is 1. The molecule has 0 saturated carbocycles. The zero-order valence-electron chi connectivity index (χ0n) is 10.6. The van der Waals surface area contributed by atoms with Crippen LogP contribution in [0.25, 0.3) is 0 Å². The van der Waals surface area contributed by atoms with Gasteiger partial charge in [-0.2, -0.15) is 0 Å². The molecule has 0 aliphatic carbocycles. The van der Waals surface area contributed by atoms with Gasteiger partial charge in [-0.25, -0.2) is 0 Å². The van der Waals surface area contributed by atoms with Crippen molar-refractivity contribution in [2.45, 2.75) is 26.8 Å². The second-order valence-corrected chi connectivity index (χ2v) is 4.32. The van der Waals surface area contributed by atoms with Crippen LogP contribution < -0.4 is 4.90 Å². The maximum absolute atomic E-state index is 11.0. The fraction of sp³-hybridized carbons (Fsp3) is 0.417. The molecular formula is C12H16N2O4. The summed E-state index contributed by atoms with van der Waals surface area (Å²) >= 11 is 0. The number of aryl methyl sites for hydroxylation is 1. The molecule has 0 aliphatic rings. The first-order valence-electron chi connectivity index (χ1n) is 5.57. The van der Waals surface area contributed by atoms with Crippen LogP contribution in [0.1, 0.15) is 19.4 Å². The van der Waals surface area contributed by atoms with Crippen molar-refractivity contribution in [3.63, 3.8) is 0 Å². The van der Waals surface area contributed by atoms with Crippen molar-refractivity contribution in [1.29, 1.82) is 0 Å². The molecule has 6 heteroatoms. The van der Waals surface area contributed by atoms with Crippen molar-refractivity contribution in [2.75, 3.05) is 11.4 Å². The quantitative estimate of drug-likeness (QED) is 0.641. The van der Waals surface area contributed by atoms with Gasteiger partial charge in [0.05, 0.1) is 4.92 Å². The number of hydrogen-bond acceptors (Lipinski definition) is 4. The minimum Gasteiger partial charge on any atom is -0.480 e. The average Bonchev–Trinajstić information content (AvgIpc) is 2.25. The summed E-state index contributed by atoms with van der Waals surface area (Å²) in [6.45, 7) is 5.08. The number of carbonyl (C=O) groups is 1. The summed E-state index contributed by atoms with van der Waals surface area (Å²) in [4.78, 5) is 22.9. The molecule has 0 heterocycles. The summed E-state index contributed by atoms with van der Waals surface area (Å²) in [6, 6.07) is 4.58. The molecule has 6 nitrogen and oxygen atoms in total. The molecule has 0 aromatic heterocycles. The zero-order chi connectivity index (χ0) is 13.9. The number of nitrogens with zero attached hydrogens (tertiary/aromatic N) is 2. The van der Waals surface area contributed by atoms with Crippen LogP contribution in [0.2, 0.25) is 0 Å². The average molecular weight is 252 g/mol. The number of aliphatic carboxylic acids is 1. The minimum atomic E-state index is -1.01. The van der Waals surface area contributed by atoms with E-state index >= 15 is 0 Å². The SMILES string of the molecule is Cc1cccc([N+](=O)[O-])c1N(CC(=O)O)C(C)C. The van der Waals surface area contributed by atoms with Crippen LogP contribution in [0.4, 0.5) is 11.4 Å². The van der Waals surface area contributed by atoms with Crippen LogP contribution in [0.5, 0.6) is 0 Å². The van der Waals surface area contributed by atoms with Gasteiger partial charge in [0, 0.05) is 12.1 Å². The van der Waals surface area contributed by atoms with Gasteiger partial charge < -0.3 is 10.0 Å². The van der Waals surface area contributed by atoms with E-state index in [2.05, 4.69) is 0 Å².